The first-order valence-corrected chi connectivity index (χ1v) is 9.24. The van der Waals surface area contributed by atoms with Crippen LogP contribution in [0.25, 0.3) is 0 Å². The van der Waals surface area contributed by atoms with Crippen LogP contribution in [0.2, 0.25) is 0 Å². The molecule has 0 bridgehead atoms. The molecule has 0 spiro atoms. The van der Waals surface area contributed by atoms with Crippen LogP contribution in [0.15, 0.2) is 54.6 Å². The Labute approximate surface area is 172 Å². The van der Waals surface area contributed by atoms with Crippen LogP contribution >= 0.6 is 12.4 Å². The fourth-order valence-electron chi connectivity index (χ4n) is 3.22. The van der Waals surface area contributed by atoms with Gasteiger partial charge in [-0.25, -0.2) is 4.79 Å². The number of nitrogens with one attached hydrogen (secondary N) is 1. The van der Waals surface area contributed by atoms with Gasteiger partial charge in [0.25, 0.3) is 0 Å². The molecule has 28 heavy (non-hydrogen) atoms. The summed E-state index contributed by atoms with van der Waals surface area (Å²) in [6, 6.07) is 16.9. The molecule has 1 fully saturated rings. The number of carbonyl (C=O) groups is 2. The Balaban J connectivity index is 0.00000280. The number of carbonyl (C=O) groups excluding carboxylic acids is 2. The molecule has 3 N–H and O–H groups in total. The van der Waals surface area contributed by atoms with Gasteiger partial charge in [-0.15, -0.1) is 12.4 Å². The highest BCUT2D eigenvalue weighted by Crippen LogP contribution is 2.16. The van der Waals surface area contributed by atoms with E-state index in [2.05, 4.69) is 5.32 Å². The van der Waals surface area contributed by atoms with Crippen LogP contribution in [-0.4, -0.2) is 47.9 Å². The van der Waals surface area contributed by atoms with Crippen molar-refractivity contribution in [3.63, 3.8) is 0 Å². The molecule has 1 atom stereocenters. The van der Waals surface area contributed by atoms with Gasteiger partial charge in [-0.05, 0) is 30.2 Å². The Kier molecular flexibility index (Phi) is 7.84. The highest BCUT2D eigenvalue weighted by Gasteiger charge is 2.25. The van der Waals surface area contributed by atoms with E-state index in [4.69, 9.17) is 5.73 Å². The van der Waals surface area contributed by atoms with Crippen LogP contribution in [-0.2, 0) is 4.79 Å². The molecule has 2 aromatic carbocycles. The van der Waals surface area contributed by atoms with Gasteiger partial charge in [-0.1, -0.05) is 42.5 Å². The monoisotopic (exact) mass is 402 g/mol. The van der Waals surface area contributed by atoms with E-state index in [1.165, 1.54) is 0 Å². The van der Waals surface area contributed by atoms with Crippen molar-refractivity contribution in [2.75, 3.05) is 31.5 Å². The van der Waals surface area contributed by atoms with Crippen LogP contribution in [0.3, 0.4) is 0 Å². The number of hydrogen-bond donors (Lipinski definition) is 2. The van der Waals surface area contributed by atoms with Gasteiger partial charge in [0.1, 0.15) is 0 Å². The van der Waals surface area contributed by atoms with Crippen molar-refractivity contribution in [3.05, 3.63) is 65.7 Å². The van der Waals surface area contributed by atoms with E-state index in [1.54, 1.807) is 9.80 Å². The molecular weight excluding hydrogens is 376 g/mol. The van der Waals surface area contributed by atoms with Gasteiger partial charge >= 0.3 is 6.03 Å². The van der Waals surface area contributed by atoms with Crippen molar-refractivity contribution in [1.29, 1.82) is 0 Å². The number of nitrogens with two attached hydrogens (primary N) is 1. The summed E-state index contributed by atoms with van der Waals surface area (Å²) in [7, 11) is 0. The summed E-state index contributed by atoms with van der Waals surface area (Å²) in [5, 5.41) is 2.91. The van der Waals surface area contributed by atoms with Gasteiger partial charge in [-0.3, -0.25) is 4.79 Å². The summed E-state index contributed by atoms with van der Waals surface area (Å²) < 4.78 is 0. The molecule has 2 aromatic rings. The lowest BCUT2D eigenvalue weighted by atomic mass is 10.0. The highest BCUT2D eigenvalue weighted by molar-refractivity contribution is 5.89. The van der Waals surface area contributed by atoms with Crippen molar-refractivity contribution < 1.29 is 9.59 Å². The first kappa shape index (κ1) is 21.7. The summed E-state index contributed by atoms with van der Waals surface area (Å²) in [4.78, 5) is 28.5. The van der Waals surface area contributed by atoms with Crippen molar-refractivity contribution in [2.45, 2.75) is 19.4 Å². The summed E-state index contributed by atoms with van der Waals surface area (Å²) in [5.41, 5.74) is 8.99. The standard InChI is InChI=1S/C21H26N4O2.ClH/c1-16-6-5-9-18(14-16)23-21(27)25-12-10-24(11-13-25)20(26)15-19(22)17-7-3-2-4-8-17;/h2-9,14,19H,10-13,15,22H2,1H3,(H,23,27);1H. The molecule has 1 aliphatic rings. The molecule has 0 saturated carbocycles. The number of rotatable bonds is 4. The number of aryl methyl sites for hydroxylation is 1. The number of piperazine rings is 1. The molecule has 3 rings (SSSR count). The Hall–Kier alpha value is -2.57. The van der Waals surface area contributed by atoms with Crippen LogP contribution in [0.4, 0.5) is 10.5 Å². The van der Waals surface area contributed by atoms with Crippen LogP contribution in [0.5, 0.6) is 0 Å². The second-order valence-corrected chi connectivity index (χ2v) is 6.89. The first-order chi connectivity index (χ1) is 13.0. The molecule has 3 amide bonds. The zero-order valence-electron chi connectivity index (χ0n) is 16.0. The summed E-state index contributed by atoms with van der Waals surface area (Å²) in [6.07, 6.45) is 0.277. The molecule has 0 aromatic heterocycles. The predicted molar refractivity (Wildman–Crippen MR) is 114 cm³/mol. The molecule has 0 radical (unpaired) electrons. The fraction of sp³-hybridized carbons (Fsp3) is 0.333. The third kappa shape index (κ3) is 5.71. The molecule has 1 heterocycles. The van der Waals surface area contributed by atoms with E-state index >= 15 is 0 Å². The van der Waals surface area contributed by atoms with E-state index in [0.717, 1.165) is 16.8 Å². The Morgan fingerprint density at radius 2 is 1.64 bits per heavy atom. The predicted octanol–water partition coefficient (Wildman–Crippen LogP) is 3.18. The topological polar surface area (TPSA) is 78.7 Å². The molecule has 150 valence electrons. The third-order valence-electron chi connectivity index (χ3n) is 4.81. The lowest BCUT2D eigenvalue weighted by molar-refractivity contribution is -0.133. The SMILES string of the molecule is Cc1cccc(NC(=O)N2CCN(C(=O)CC(N)c3ccccc3)CC2)c1.Cl. The fourth-order valence-corrected chi connectivity index (χ4v) is 3.22. The van der Waals surface area contributed by atoms with Crippen molar-refractivity contribution in [3.8, 4) is 0 Å². The average Bonchev–Trinajstić information content (AvgIpc) is 2.68. The quantitative estimate of drug-likeness (QED) is 0.824. The van der Waals surface area contributed by atoms with Gasteiger partial charge < -0.3 is 20.9 Å². The molecular formula is C21H27ClN4O2. The van der Waals surface area contributed by atoms with Crippen molar-refractivity contribution in [2.24, 2.45) is 5.73 Å². The maximum atomic E-state index is 12.5. The lowest BCUT2D eigenvalue weighted by Gasteiger charge is -2.35. The number of nitrogens with zero attached hydrogens (tertiary/aromatic N) is 2. The molecule has 1 aliphatic heterocycles. The number of halogens is 1. The lowest BCUT2D eigenvalue weighted by Crippen LogP contribution is -2.52. The maximum Gasteiger partial charge on any atom is 0.321 e. The summed E-state index contributed by atoms with van der Waals surface area (Å²) in [6.45, 7) is 4.08. The van der Waals surface area contributed by atoms with E-state index in [0.29, 0.717) is 26.2 Å². The van der Waals surface area contributed by atoms with Crippen molar-refractivity contribution >= 4 is 30.0 Å². The molecule has 7 heteroatoms. The van der Waals surface area contributed by atoms with Gasteiger partial charge in [0.15, 0.2) is 0 Å². The second kappa shape index (κ2) is 10.1. The van der Waals surface area contributed by atoms with E-state index in [9.17, 15) is 9.59 Å². The highest BCUT2D eigenvalue weighted by atomic mass is 35.5. The number of benzene rings is 2. The van der Waals surface area contributed by atoms with Crippen molar-refractivity contribution in [1.82, 2.24) is 9.80 Å². The normalized spacial score (nSPS) is 14.8. The smallest absolute Gasteiger partial charge is 0.321 e. The second-order valence-electron chi connectivity index (χ2n) is 6.89. The van der Waals surface area contributed by atoms with Gasteiger partial charge in [0.2, 0.25) is 5.91 Å². The van der Waals surface area contributed by atoms with Crippen LogP contribution < -0.4 is 11.1 Å². The van der Waals surface area contributed by atoms with Crippen LogP contribution in [0.1, 0.15) is 23.6 Å². The third-order valence-corrected chi connectivity index (χ3v) is 4.81. The number of amides is 3. The van der Waals surface area contributed by atoms with E-state index < -0.39 is 0 Å². The van der Waals surface area contributed by atoms with Crippen LogP contribution in [0, 0.1) is 6.92 Å². The number of hydrogen-bond acceptors (Lipinski definition) is 3. The zero-order chi connectivity index (χ0) is 19.2. The minimum absolute atomic E-state index is 0. The zero-order valence-corrected chi connectivity index (χ0v) is 16.8. The Morgan fingerprint density at radius 1 is 1.00 bits per heavy atom. The Bertz CT molecular complexity index is 792. The van der Waals surface area contributed by atoms with Gasteiger partial charge in [0.05, 0.1) is 0 Å². The van der Waals surface area contributed by atoms with E-state index in [1.807, 2.05) is 61.5 Å². The number of anilines is 1. The number of urea groups is 1. The minimum atomic E-state index is -0.304. The largest absolute Gasteiger partial charge is 0.339 e. The first-order valence-electron chi connectivity index (χ1n) is 9.24. The minimum Gasteiger partial charge on any atom is -0.339 e. The maximum absolute atomic E-state index is 12.5. The Morgan fingerprint density at radius 3 is 2.29 bits per heavy atom. The van der Waals surface area contributed by atoms with Gasteiger partial charge in [-0.2, -0.15) is 0 Å². The summed E-state index contributed by atoms with van der Waals surface area (Å²) in [5.74, 6) is 0.0325. The molecule has 1 saturated heterocycles. The summed E-state index contributed by atoms with van der Waals surface area (Å²) >= 11 is 0. The average molecular weight is 403 g/mol. The molecule has 0 aliphatic carbocycles. The molecule has 1 unspecified atom stereocenters. The van der Waals surface area contributed by atoms with E-state index in [-0.39, 0.29) is 36.8 Å². The van der Waals surface area contributed by atoms with Gasteiger partial charge in [0, 0.05) is 44.3 Å². The molecule has 6 nitrogen and oxygen atoms in total.